The van der Waals surface area contributed by atoms with Crippen molar-refractivity contribution < 1.29 is 4.74 Å². The van der Waals surface area contributed by atoms with E-state index in [1.54, 1.807) is 0 Å². The summed E-state index contributed by atoms with van der Waals surface area (Å²) in [6, 6.07) is 0.497. The van der Waals surface area contributed by atoms with Gasteiger partial charge in [0.1, 0.15) is 0 Å². The molecule has 2 aliphatic heterocycles. The van der Waals surface area contributed by atoms with Crippen LogP contribution in [0.3, 0.4) is 0 Å². The summed E-state index contributed by atoms with van der Waals surface area (Å²) in [5, 5.41) is 3.77. The van der Waals surface area contributed by atoms with Gasteiger partial charge in [0.2, 0.25) is 0 Å². The van der Waals surface area contributed by atoms with Gasteiger partial charge in [-0.15, -0.1) is 0 Å². The molecule has 4 unspecified atom stereocenters. The lowest BCUT2D eigenvalue weighted by molar-refractivity contribution is -0.00963. The Hall–Kier alpha value is -0.340. The van der Waals surface area contributed by atoms with E-state index in [2.05, 4.69) is 39.6 Å². The summed E-state index contributed by atoms with van der Waals surface area (Å²) in [5.41, 5.74) is 1.77. The molecule has 1 N–H and O–H groups in total. The first kappa shape index (κ1) is 11.7. The van der Waals surface area contributed by atoms with Crippen molar-refractivity contribution >= 4 is 0 Å². The first-order chi connectivity index (χ1) is 7.95. The molecule has 3 fully saturated rings. The van der Waals surface area contributed by atoms with Crippen LogP contribution in [0.25, 0.3) is 0 Å². The summed E-state index contributed by atoms with van der Waals surface area (Å²) < 4.78 is 6.44. The van der Waals surface area contributed by atoms with Crippen molar-refractivity contribution in [3.8, 4) is 0 Å². The molecule has 2 heteroatoms. The standard InChI is InChI=1S/C15H25NO/c1-6-9(2)12-10(3)14(5)11(4)16-15(7-8-15)13(14)17-12/h9,11-13,16H,3,6-8H2,1-2,4-5H3/t9?,11?,12?,13-,14?/m1/s1. The van der Waals surface area contributed by atoms with E-state index in [9.17, 15) is 0 Å². The van der Waals surface area contributed by atoms with Gasteiger partial charge in [-0.25, -0.2) is 0 Å². The first-order valence-electron chi connectivity index (χ1n) is 7.08. The van der Waals surface area contributed by atoms with Crippen LogP contribution in [0.1, 0.15) is 47.0 Å². The number of ether oxygens (including phenoxy) is 1. The molecule has 1 saturated carbocycles. The second kappa shape index (κ2) is 3.36. The lowest BCUT2D eigenvalue weighted by atomic mass is 9.72. The zero-order chi connectivity index (χ0) is 12.4. The van der Waals surface area contributed by atoms with E-state index in [0.29, 0.717) is 23.6 Å². The van der Waals surface area contributed by atoms with Crippen LogP contribution >= 0.6 is 0 Å². The SMILES string of the molecule is C=C1C(C(C)CC)O[C@H]2C3(CC3)NC(C)C12C. The van der Waals surface area contributed by atoms with Crippen molar-refractivity contribution in [2.45, 2.75) is 70.7 Å². The lowest BCUT2D eigenvalue weighted by Crippen LogP contribution is -2.37. The first-order valence-corrected chi connectivity index (χ1v) is 7.08. The molecule has 1 spiro atoms. The van der Waals surface area contributed by atoms with Gasteiger partial charge < -0.3 is 10.1 Å². The Balaban J connectivity index is 1.94. The molecule has 0 amide bonds. The monoisotopic (exact) mass is 235 g/mol. The van der Waals surface area contributed by atoms with Gasteiger partial charge in [-0.3, -0.25) is 0 Å². The lowest BCUT2D eigenvalue weighted by Gasteiger charge is -2.29. The van der Waals surface area contributed by atoms with Crippen molar-refractivity contribution in [1.82, 2.24) is 5.32 Å². The summed E-state index contributed by atoms with van der Waals surface area (Å²) in [6.07, 6.45) is 4.35. The molecule has 96 valence electrons. The molecule has 5 atom stereocenters. The predicted molar refractivity (Wildman–Crippen MR) is 69.9 cm³/mol. The van der Waals surface area contributed by atoms with Gasteiger partial charge in [0, 0.05) is 17.0 Å². The Labute approximate surface area is 105 Å². The third kappa shape index (κ3) is 1.29. The predicted octanol–water partition coefficient (Wildman–Crippen LogP) is 2.89. The van der Waals surface area contributed by atoms with Crippen LogP contribution < -0.4 is 5.32 Å². The van der Waals surface area contributed by atoms with Gasteiger partial charge >= 0.3 is 0 Å². The number of nitrogens with one attached hydrogen (secondary N) is 1. The summed E-state index contributed by atoms with van der Waals surface area (Å²) in [4.78, 5) is 0. The second-order valence-corrected chi connectivity index (χ2v) is 6.65. The molecular formula is C15H25NO. The minimum absolute atomic E-state index is 0.143. The average Bonchev–Trinajstić information content (AvgIpc) is 2.97. The Morgan fingerprint density at radius 1 is 1.53 bits per heavy atom. The van der Waals surface area contributed by atoms with E-state index >= 15 is 0 Å². The van der Waals surface area contributed by atoms with Crippen molar-refractivity contribution in [2.75, 3.05) is 0 Å². The highest BCUT2D eigenvalue weighted by molar-refractivity contribution is 5.36. The summed E-state index contributed by atoms with van der Waals surface area (Å²) in [7, 11) is 0. The Kier molecular flexibility index (Phi) is 2.32. The van der Waals surface area contributed by atoms with Crippen LogP contribution in [-0.4, -0.2) is 23.8 Å². The molecule has 2 heterocycles. The minimum Gasteiger partial charge on any atom is -0.367 e. The number of rotatable bonds is 2. The Morgan fingerprint density at radius 2 is 2.18 bits per heavy atom. The Bertz CT molecular complexity index is 360. The smallest absolute Gasteiger partial charge is 0.0871 e. The number of fused-ring (bicyclic) bond motifs is 2. The molecular weight excluding hydrogens is 210 g/mol. The normalized spacial score (nSPS) is 48.5. The maximum absolute atomic E-state index is 6.44. The minimum atomic E-state index is 0.143. The van der Waals surface area contributed by atoms with Crippen LogP contribution in [-0.2, 0) is 4.74 Å². The van der Waals surface area contributed by atoms with E-state index in [4.69, 9.17) is 4.74 Å². The van der Waals surface area contributed by atoms with Crippen LogP contribution in [0, 0.1) is 11.3 Å². The van der Waals surface area contributed by atoms with E-state index in [1.807, 2.05) is 0 Å². The van der Waals surface area contributed by atoms with E-state index in [1.165, 1.54) is 24.8 Å². The maximum atomic E-state index is 6.44. The zero-order valence-electron chi connectivity index (χ0n) is 11.5. The quantitative estimate of drug-likeness (QED) is 0.743. The van der Waals surface area contributed by atoms with Gasteiger partial charge in [-0.05, 0) is 31.3 Å². The molecule has 0 bridgehead atoms. The molecule has 2 nitrogen and oxygen atoms in total. The van der Waals surface area contributed by atoms with Gasteiger partial charge in [-0.2, -0.15) is 0 Å². The number of hydrogen-bond acceptors (Lipinski definition) is 2. The van der Waals surface area contributed by atoms with Crippen LogP contribution in [0.5, 0.6) is 0 Å². The van der Waals surface area contributed by atoms with Gasteiger partial charge in [0.15, 0.2) is 0 Å². The highest BCUT2D eigenvalue weighted by Gasteiger charge is 2.69. The molecule has 0 aromatic carbocycles. The van der Waals surface area contributed by atoms with Crippen LogP contribution in [0.15, 0.2) is 12.2 Å². The molecule has 3 rings (SSSR count). The van der Waals surface area contributed by atoms with Crippen molar-refractivity contribution in [3.63, 3.8) is 0 Å². The van der Waals surface area contributed by atoms with Crippen molar-refractivity contribution in [3.05, 3.63) is 12.2 Å². The summed E-state index contributed by atoms with van der Waals surface area (Å²) in [6.45, 7) is 13.6. The topological polar surface area (TPSA) is 21.3 Å². The summed E-state index contributed by atoms with van der Waals surface area (Å²) >= 11 is 0. The molecule has 2 saturated heterocycles. The third-order valence-electron chi connectivity index (χ3n) is 5.72. The largest absolute Gasteiger partial charge is 0.367 e. The van der Waals surface area contributed by atoms with Gasteiger partial charge in [0.05, 0.1) is 12.2 Å². The molecule has 17 heavy (non-hydrogen) atoms. The second-order valence-electron chi connectivity index (χ2n) is 6.65. The summed E-state index contributed by atoms with van der Waals surface area (Å²) in [5.74, 6) is 0.591. The fourth-order valence-corrected chi connectivity index (χ4v) is 3.94. The zero-order valence-corrected chi connectivity index (χ0v) is 11.5. The van der Waals surface area contributed by atoms with Crippen LogP contribution in [0.4, 0.5) is 0 Å². The van der Waals surface area contributed by atoms with E-state index in [-0.39, 0.29) is 11.5 Å². The number of hydrogen-bond donors (Lipinski definition) is 1. The van der Waals surface area contributed by atoms with Crippen LogP contribution in [0.2, 0.25) is 0 Å². The van der Waals surface area contributed by atoms with E-state index in [0.717, 1.165) is 0 Å². The highest BCUT2D eigenvalue weighted by Crippen LogP contribution is 2.61. The molecule has 0 aromatic rings. The van der Waals surface area contributed by atoms with Gasteiger partial charge in [0.25, 0.3) is 0 Å². The Morgan fingerprint density at radius 3 is 2.71 bits per heavy atom. The third-order valence-corrected chi connectivity index (χ3v) is 5.72. The molecule has 3 aliphatic rings. The maximum Gasteiger partial charge on any atom is 0.0871 e. The van der Waals surface area contributed by atoms with Crippen molar-refractivity contribution in [2.24, 2.45) is 11.3 Å². The molecule has 0 radical (unpaired) electrons. The average molecular weight is 235 g/mol. The highest BCUT2D eigenvalue weighted by atomic mass is 16.5. The molecule has 1 aliphatic carbocycles. The van der Waals surface area contributed by atoms with Gasteiger partial charge in [-0.1, -0.05) is 33.8 Å². The van der Waals surface area contributed by atoms with Crippen molar-refractivity contribution in [1.29, 1.82) is 0 Å². The fourth-order valence-electron chi connectivity index (χ4n) is 3.94. The van der Waals surface area contributed by atoms with E-state index < -0.39 is 0 Å². The fraction of sp³-hybridized carbons (Fsp3) is 0.867. The molecule has 0 aromatic heterocycles.